The monoisotopic (exact) mass is 182 g/mol. The summed E-state index contributed by atoms with van der Waals surface area (Å²) in [5.41, 5.74) is 0. The van der Waals surface area contributed by atoms with E-state index in [1.165, 1.54) is 0 Å². The normalized spacial score (nSPS) is 16.6. The highest BCUT2D eigenvalue weighted by Gasteiger charge is 2.19. The fraction of sp³-hybridized carbons (Fsp3) is 0.333. The predicted molar refractivity (Wildman–Crippen MR) is 41.0 cm³/mol. The van der Waals surface area contributed by atoms with Gasteiger partial charge in [-0.1, -0.05) is 0 Å². The van der Waals surface area contributed by atoms with Gasteiger partial charge in [0, 0.05) is 0 Å². The zero-order chi connectivity index (χ0) is 9.26. The fourth-order valence-electron chi connectivity index (χ4n) is 0.987. The number of anilines is 2. The Morgan fingerprint density at radius 3 is 2.85 bits per heavy atom. The van der Waals surface area contributed by atoms with E-state index in [-0.39, 0.29) is 30.4 Å². The Bertz CT molecular complexity index is 359. The van der Waals surface area contributed by atoms with E-state index in [0.29, 0.717) is 0 Å². The number of nitrogens with zero attached hydrogens (tertiary/aromatic N) is 2. The maximum Gasteiger partial charge on any atom is 0.233 e. The van der Waals surface area contributed by atoms with E-state index in [4.69, 9.17) is 0 Å². The van der Waals surface area contributed by atoms with Crippen LogP contribution in [-0.2, 0) is 9.59 Å². The summed E-state index contributed by atoms with van der Waals surface area (Å²) in [6, 6.07) is 0. The van der Waals surface area contributed by atoms with Gasteiger partial charge in [0.05, 0.1) is 13.0 Å². The lowest BCUT2D eigenvalue weighted by Crippen LogP contribution is -2.25. The number of hydrogen-bond acceptors (Lipinski definition) is 6. The van der Waals surface area contributed by atoms with Crippen LogP contribution in [0.1, 0.15) is 6.42 Å². The molecule has 0 aromatic carbocycles. The van der Waals surface area contributed by atoms with Crippen molar-refractivity contribution in [3.05, 3.63) is 0 Å². The van der Waals surface area contributed by atoms with Crippen LogP contribution in [0.4, 0.5) is 11.6 Å². The highest BCUT2D eigenvalue weighted by atomic mass is 16.6. The highest BCUT2D eigenvalue weighted by Crippen LogP contribution is 2.16. The van der Waals surface area contributed by atoms with Gasteiger partial charge in [-0.15, -0.1) is 0 Å². The quantitative estimate of drug-likeness (QED) is 0.519. The molecule has 2 N–H and O–H groups in total. The SMILES string of the molecule is O=C1CNc2nonc2NC(=O)C1. The van der Waals surface area contributed by atoms with Gasteiger partial charge in [0.25, 0.3) is 0 Å². The third-order valence-corrected chi connectivity index (χ3v) is 1.56. The maximum atomic E-state index is 11.0. The van der Waals surface area contributed by atoms with E-state index in [1.807, 2.05) is 0 Å². The Kier molecular flexibility index (Phi) is 1.69. The van der Waals surface area contributed by atoms with Gasteiger partial charge in [-0.3, -0.25) is 9.59 Å². The lowest BCUT2D eigenvalue weighted by atomic mass is 10.2. The molecule has 1 aromatic rings. The molecule has 1 amide bonds. The summed E-state index contributed by atoms with van der Waals surface area (Å²) in [6.07, 6.45) is -0.153. The van der Waals surface area contributed by atoms with Gasteiger partial charge in [0.15, 0.2) is 5.78 Å². The third kappa shape index (κ3) is 1.48. The molecule has 1 aliphatic rings. The second-order valence-electron chi connectivity index (χ2n) is 2.58. The van der Waals surface area contributed by atoms with Crippen LogP contribution in [0.15, 0.2) is 4.63 Å². The van der Waals surface area contributed by atoms with Crippen molar-refractivity contribution in [1.82, 2.24) is 10.3 Å². The van der Waals surface area contributed by atoms with Gasteiger partial charge < -0.3 is 10.6 Å². The third-order valence-electron chi connectivity index (χ3n) is 1.56. The van der Waals surface area contributed by atoms with Crippen LogP contribution < -0.4 is 10.6 Å². The van der Waals surface area contributed by atoms with E-state index in [0.717, 1.165) is 0 Å². The summed E-state index contributed by atoms with van der Waals surface area (Å²) >= 11 is 0. The van der Waals surface area contributed by atoms with Crippen LogP contribution in [0.3, 0.4) is 0 Å². The van der Waals surface area contributed by atoms with Gasteiger partial charge in [-0.25, -0.2) is 4.63 Å². The first-order valence-electron chi connectivity index (χ1n) is 3.63. The van der Waals surface area contributed by atoms with Crippen molar-refractivity contribution in [3.63, 3.8) is 0 Å². The van der Waals surface area contributed by atoms with Crippen molar-refractivity contribution in [2.75, 3.05) is 17.2 Å². The molecule has 2 heterocycles. The van der Waals surface area contributed by atoms with E-state index < -0.39 is 5.91 Å². The van der Waals surface area contributed by atoms with Crippen molar-refractivity contribution in [3.8, 4) is 0 Å². The molecule has 0 fully saturated rings. The molecular formula is C6H6N4O3. The molecule has 2 rings (SSSR count). The minimum absolute atomic E-state index is 0.0641. The Balaban J connectivity index is 2.28. The summed E-state index contributed by atoms with van der Waals surface area (Å²) in [5, 5.41) is 12.0. The van der Waals surface area contributed by atoms with Crippen molar-refractivity contribution in [2.24, 2.45) is 0 Å². The molecule has 1 aromatic heterocycles. The van der Waals surface area contributed by atoms with Crippen molar-refractivity contribution >= 4 is 23.3 Å². The van der Waals surface area contributed by atoms with Crippen LogP contribution in [0.25, 0.3) is 0 Å². The molecule has 7 nitrogen and oxygen atoms in total. The number of hydrogen-bond donors (Lipinski definition) is 2. The second kappa shape index (κ2) is 2.85. The smallest absolute Gasteiger partial charge is 0.233 e. The number of aromatic nitrogens is 2. The average molecular weight is 182 g/mol. The Morgan fingerprint density at radius 1 is 1.23 bits per heavy atom. The minimum atomic E-state index is -0.400. The summed E-state index contributed by atoms with van der Waals surface area (Å²) in [7, 11) is 0. The minimum Gasteiger partial charge on any atom is -0.357 e. The van der Waals surface area contributed by atoms with Crippen LogP contribution in [-0.4, -0.2) is 28.5 Å². The van der Waals surface area contributed by atoms with Crippen LogP contribution in [0, 0.1) is 0 Å². The number of Topliss-reactive ketones (excluding diaryl/α,β-unsaturated/α-hetero) is 1. The van der Waals surface area contributed by atoms with Crippen LogP contribution in [0.5, 0.6) is 0 Å². The Labute approximate surface area is 72.4 Å². The van der Waals surface area contributed by atoms with Gasteiger partial charge in [-0.05, 0) is 10.3 Å². The predicted octanol–water partition coefficient (Wildman–Crippen LogP) is -0.607. The highest BCUT2D eigenvalue weighted by molar-refractivity contribution is 6.07. The molecule has 1 aliphatic heterocycles. The van der Waals surface area contributed by atoms with Crippen molar-refractivity contribution < 1.29 is 14.2 Å². The molecule has 0 atom stereocenters. The number of rotatable bonds is 0. The molecule has 0 spiro atoms. The van der Waals surface area contributed by atoms with Crippen molar-refractivity contribution in [1.29, 1.82) is 0 Å². The molecule has 0 radical (unpaired) electrons. The Morgan fingerprint density at radius 2 is 2.00 bits per heavy atom. The molecule has 0 bridgehead atoms. The lowest BCUT2D eigenvalue weighted by molar-refractivity contribution is -0.124. The van der Waals surface area contributed by atoms with Crippen molar-refractivity contribution in [2.45, 2.75) is 6.42 Å². The number of nitrogens with one attached hydrogen (secondary N) is 2. The zero-order valence-corrected chi connectivity index (χ0v) is 6.53. The summed E-state index contributed by atoms with van der Waals surface area (Å²) < 4.78 is 4.37. The molecule has 0 aliphatic carbocycles. The average Bonchev–Trinajstić information content (AvgIpc) is 2.45. The zero-order valence-electron chi connectivity index (χ0n) is 6.53. The van der Waals surface area contributed by atoms with Gasteiger partial charge in [0.1, 0.15) is 0 Å². The standard InChI is InChI=1S/C6H6N4O3/c11-3-1-4(12)8-6-5(7-2-3)9-13-10-6/h1-2H2,(H,7,9)(H,8,10,12). The van der Waals surface area contributed by atoms with Gasteiger partial charge >= 0.3 is 0 Å². The number of ketones is 1. The van der Waals surface area contributed by atoms with Crippen LogP contribution >= 0.6 is 0 Å². The van der Waals surface area contributed by atoms with Crippen LogP contribution in [0.2, 0.25) is 0 Å². The number of amides is 1. The molecule has 7 heteroatoms. The second-order valence-corrected chi connectivity index (χ2v) is 2.58. The molecule has 68 valence electrons. The first kappa shape index (κ1) is 7.71. The molecule has 13 heavy (non-hydrogen) atoms. The van der Waals surface area contributed by atoms with E-state index >= 15 is 0 Å². The number of carbonyl (C=O) groups is 2. The summed E-state index contributed by atoms with van der Waals surface area (Å²) in [5.74, 6) is -0.103. The number of carbonyl (C=O) groups excluding carboxylic acids is 2. The van der Waals surface area contributed by atoms with E-state index in [2.05, 4.69) is 25.6 Å². The molecule has 0 saturated carbocycles. The van der Waals surface area contributed by atoms with E-state index in [1.54, 1.807) is 0 Å². The molecule has 0 saturated heterocycles. The van der Waals surface area contributed by atoms with E-state index in [9.17, 15) is 9.59 Å². The number of fused-ring (bicyclic) bond motifs is 1. The lowest BCUT2D eigenvalue weighted by Gasteiger charge is -2.07. The fourth-order valence-corrected chi connectivity index (χ4v) is 0.987. The largest absolute Gasteiger partial charge is 0.357 e. The first-order valence-corrected chi connectivity index (χ1v) is 3.63. The maximum absolute atomic E-state index is 11.0. The summed E-state index contributed by atoms with van der Waals surface area (Å²) in [6.45, 7) is 0.0641. The molecule has 0 unspecified atom stereocenters. The topological polar surface area (TPSA) is 97.1 Å². The first-order chi connectivity index (χ1) is 6.25. The van der Waals surface area contributed by atoms with Gasteiger partial charge in [0.2, 0.25) is 17.5 Å². The Hall–Kier alpha value is -1.92. The summed E-state index contributed by atoms with van der Waals surface area (Å²) in [4.78, 5) is 22.0. The van der Waals surface area contributed by atoms with Gasteiger partial charge in [-0.2, -0.15) is 0 Å². The molecular weight excluding hydrogens is 176 g/mol.